The first-order valence-corrected chi connectivity index (χ1v) is 8.36. The molecule has 0 amide bonds. The molecule has 2 aromatic rings. The number of carbonyl (C=O) groups excluding carboxylic acids is 1. The SMILES string of the molecule is CCCOc1cnc(-c2ccc(CC(C)OC(=O)CC)cc2)nc1. The Morgan fingerprint density at radius 3 is 2.38 bits per heavy atom. The third-order valence-electron chi connectivity index (χ3n) is 3.46. The van der Waals surface area contributed by atoms with E-state index in [-0.39, 0.29) is 12.1 Å². The zero-order valence-corrected chi connectivity index (χ0v) is 14.5. The van der Waals surface area contributed by atoms with Gasteiger partial charge in [-0.25, -0.2) is 9.97 Å². The summed E-state index contributed by atoms with van der Waals surface area (Å²) in [4.78, 5) is 20.0. The minimum atomic E-state index is -0.169. The van der Waals surface area contributed by atoms with Crippen molar-refractivity contribution in [2.24, 2.45) is 0 Å². The van der Waals surface area contributed by atoms with E-state index in [1.165, 1.54) is 0 Å². The lowest BCUT2D eigenvalue weighted by atomic mass is 10.1. The minimum absolute atomic E-state index is 0.130. The Morgan fingerprint density at radius 1 is 1.12 bits per heavy atom. The summed E-state index contributed by atoms with van der Waals surface area (Å²) in [5.74, 6) is 1.18. The molecule has 0 fully saturated rings. The van der Waals surface area contributed by atoms with Gasteiger partial charge >= 0.3 is 5.97 Å². The molecule has 0 saturated carbocycles. The highest BCUT2D eigenvalue weighted by Gasteiger charge is 2.09. The summed E-state index contributed by atoms with van der Waals surface area (Å²) in [5, 5.41) is 0. The summed E-state index contributed by atoms with van der Waals surface area (Å²) in [7, 11) is 0. The monoisotopic (exact) mass is 328 g/mol. The van der Waals surface area contributed by atoms with Crippen LogP contribution in [0.15, 0.2) is 36.7 Å². The fraction of sp³-hybridized carbons (Fsp3) is 0.421. The molecule has 1 atom stereocenters. The number of hydrogen-bond acceptors (Lipinski definition) is 5. The molecule has 1 heterocycles. The van der Waals surface area contributed by atoms with Crippen molar-refractivity contribution in [3.63, 3.8) is 0 Å². The van der Waals surface area contributed by atoms with Gasteiger partial charge in [-0.2, -0.15) is 0 Å². The van der Waals surface area contributed by atoms with Crippen LogP contribution in [-0.4, -0.2) is 28.6 Å². The van der Waals surface area contributed by atoms with Gasteiger partial charge in [0.15, 0.2) is 11.6 Å². The van der Waals surface area contributed by atoms with E-state index in [0.717, 1.165) is 17.5 Å². The maximum Gasteiger partial charge on any atom is 0.305 e. The van der Waals surface area contributed by atoms with Gasteiger partial charge in [0, 0.05) is 18.4 Å². The number of nitrogens with zero attached hydrogens (tertiary/aromatic N) is 2. The van der Waals surface area contributed by atoms with E-state index in [2.05, 4.69) is 16.9 Å². The molecule has 0 saturated heterocycles. The van der Waals surface area contributed by atoms with Crippen LogP contribution in [0.25, 0.3) is 11.4 Å². The fourth-order valence-electron chi connectivity index (χ4n) is 2.23. The molecule has 0 spiro atoms. The Bertz CT molecular complexity index is 639. The summed E-state index contributed by atoms with van der Waals surface area (Å²) < 4.78 is 10.8. The molecule has 1 aromatic carbocycles. The summed E-state index contributed by atoms with van der Waals surface area (Å²) in [6, 6.07) is 7.98. The third-order valence-corrected chi connectivity index (χ3v) is 3.46. The molecule has 0 aliphatic carbocycles. The lowest BCUT2D eigenvalue weighted by Gasteiger charge is -2.13. The molecule has 0 N–H and O–H groups in total. The Labute approximate surface area is 143 Å². The van der Waals surface area contributed by atoms with E-state index in [4.69, 9.17) is 9.47 Å². The second kappa shape index (κ2) is 9.01. The number of esters is 1. The van der Waals surface area contributed by atoms with Gasteiger partial charge in [0.1, 0.15) is 6.10 Å². The quantitative estimate of drug-likeness (QED) is 0.689. The molecule has 5 heteroatoms. The highest BCUT2D eigenvalue weighted by molar-refractivity contribution is 5.69. The molecular weight excluding hydrogens is 304 g/mol. The van der Waals surface area contributed by atoms with Crippen LogP contribution < -0.4 is 4.74 Å². The second-order valence-corrected chi connectivity index (χ2v) is 5.65. The smallest absolute Gasteiger partial charge is 0.305 e. The van der Waals surface area contributed by atoms with E-state index < -0.39 is 0 Å². The number of rotatable bonds is 8. The minimum Gasteiger partial charge on any atom is -0.490 e. The van der Waals surface area contributed by atoms with E-state index in [1.54, 1.807) is 19.3 Å². The van der Waals surface area contributed by atoms with Crippen molar-refractivity contribution < 1.29 is 14.3 Å². The second-order valence-electron chi connectivity index (χ2n) is 5.65. The molecule has 0 bridgehead atoms. The highest BCUT2D eigenvalue weighted by atomic mass is 16.5. The van der Waals surface area contributed by atoms with Crippen molar-refractivity contribution in [3.05, 3.63) is 42.2 Å². The molecule has 24 heavy (non-hydrogen) atoms. The first kappa shape index (κ1) is 17.9. The average molecular weight is 328 g/mol. The molecular formula is C19H24N2O3. The lowest BCUT2D eigenvalue weighted by Crippen LogP contribution is -2.16. The van der Waals surface area contributed by atoms with Crippen LogP contribution in [0.3, 0.4) is 0 Å². The number of benzene rings is 1. The predicted octanol–water partition coefficient (Wildman–Crippen LogP) is 3.82. The highest BCUT2D eigenvalue weighted by Crippen LogP contribution is 2.18. The summed E-state index contributed by atoms with van der Waals surface area (Å²) >= 11 is 0. The Morgan fingerprint density at radius 2 is 1.79 bits per heavy atom. The number of ether oxygens (including phenoxy) is 2. The van der Waals surface area contributed by atoms with Gasteiger partial charge in [0.05, 0.1) is 19.0 Å². The number of hydrogen-bond donors (Lipinski definition) is 0. The predicted molar refractivity (Wildman–Crippen MR) is 92.8 cm³/mol. The average Bonchev–Trinajstić information content (AvgIpc) is 2.61. The Hall–Kier alpha value is -2.43. The zero-order chi connectivity index (χ0) is 17.4. The van der Waals surface area contributed by atoms with Gasteiger partial charge in [0.2, 0.25) is 0 Å². The van der Waals surface area contributed by atoms with Crippen molar-refractivity contribution in [1.29, 1.82) is 0 Å². The first-order chi connectivity index (χ1) is 11.6. The number of aromatic nitrogens is 2. The Kier molecular flexibility index (Phi) is 6.73. The summed E-state index contributed by atoms with van der Waals surface area (Å²) in [6.45, 7) is 6.42. The summed E-state index contributed by atoms with van der Waals surface area (Å²) in [5.41, 5.74) is 2.05. The normalized spacial score (nSPS) is 11.8. The van der Waals surface area contributed by atoms with Gasteiger partial charge in [-0.05, 0) is 18.9 Å². The standard InChI is InChI=1S/C19H24N2O3/c1-4-10-23-17-12-20-19(21-13-17)16-8-6-15(7-9-16)11-14(3)24-18(22)5-2/h6-9,12-14H,4-5,10-11H2,1-3H3. The van der Waals surface area contributed by atoms with Crippen molar-refractivity contribution in [3.8, 4) is 17.1 Å². The molecule has 1 aromatic heterocycles. The molecule has 5 nitrogen and oxygen atoms in total. The van der Waals surface area contributed by atoms with Crippen LogP contribution in [0.2, 0.25) is 0 Å². The summed E-state index contributed by atoms with van der Waals surface area (Å²) in [6.07, 6.45) is 5.30. The van der Waals surface area contributed by atoms with Crippen LogP contribution in [0.5, 0.6) is 5.75 Å². The molecule has 0 aliphatic heterocycles. The van der Waals surface area contributed by atoms with Gasteiger partial charge in [-0.3, -0.25) is 4.79 Å². The zero-order valence-electron chi connectivity index (χ0n) is 14.5. The molecule has 2 rings (SSSR count). The van der Waals surface area contributed by atoms with Crippen LogP contribution in [-0.2, 0) is 16.0 Å². The van der Waals surface area contributed by atoms with Gasteiger partial charge < -0.3 is 9.47 Å². The van der Waals surface area contributed by atoms with Crippen LogP contribution in [0.4, 0.5) is 0 Å². The van der Waals surface area contributed by atoms with Crippen molar-refractivity contribution >= 4 is 5.97 Å². The van der Waals surface area contributed by atoms with Gasteiger partial charge in [-0.15, -0.1) is 0 Å². The van der Waals surface area contributed by atoms with E-state index in [1.807, 2.05) is 31.2 Å². The molecule has 0 radical (unpaired) electrons. The first-order valence-electron chi connectivity index (χ1n) is 8.36. The van der Waals surface area contributed by atoms with E-state index in [9.17, 15) is 4.79 Å². The lowest BCUT2D eigenvalue weighted by molar-refractivity contribution is -0.147. The largest absolute Gasteiger partial charge is 0.490 e. The Balaban J connectivity index is 1.97. The van der Waals surface area contributed by atoms with Crippen LogP contribution in [0, 0.1) is 0 Å². The fourth-order valence-corrected chi connectivity index (χ4v) is 2.23. The maximum absolute atomic E-state index is 11.3. The van der Waals surface area contributed by atoms with Crippen molar-refractivity contribution in [2.75, 3.05) is 6.61 Å². The number of carbonyl (C=O) groups is 1. The van der Waals surface area contributed by atoms with Crippen LogP contribution in [0.1, 0.15) is 39.2 Å². The van der Waals surface area contributed by atoms with E-state index in [0.29, 0.717) is 31.0 Å². The van der Waals surface area contributed by atoms with Crippen LogP contribution >= 0.6 is 0 Å². The molecule has 128 valence electrons. The molecule has 1 unspecified atom stereocenters. The maximum atomic E-state index is 11.3. The van der Waals surface area contributed by atoms with Crippen molar-refractivity contribution in [1.82, 2.24) is 9.97 Å². The molecule has 0 aliphatic rings. The van der Waals surface area contributed by atoms with Gasteiger partial charge in [0.25, 0.3) is 0 Å². The van der Waals surface area contributed by atoms with Crippen molar-refractivity contribution in [2.45, 2.75) is 46.1 Å². The van der Waals surface area contributed by atoms with E-state index >= 15 is 0 Å². The third kappa shape index (κ3) is 5.33. The van der Waals surface area contributed by atoms with Gasteiger partial charge in [-0.1, -0.05) is 38.1 Å². The topological polar surface area (TPSA) is 61.3 Å².